The summed E-state index contributed by atoms with van der Waals surface area (Å²) in [7, 11) is 0. The highest BCUT2D eigenvalue weighted by Gasteiger charge is 2.06. The zero-order valence-electron chi connectivity index (χ0n) is 9.70. The van der Waals surface area contributed by atoms with Gasteiger partial charge in [0.25, 0.3) is 0 Å². The third-order valence-corrected chi connectivity index (χ3v) is 2.59. The van der Waals surface area contributed by atoms with E-state index in [1.165, 1.54) is 22.4 Å². The molecule has 0 saturated heterocycles. The maximum Gasteiger partial charge on any atom is 0.0704 e. The fraction of sp³-hybridized carbons (Fsp3) is 0.308. The number of aryl methyl sites for hydroxylation is 4. The molecule has 0 aliphatic rings. The van der Waals surface area contributed by atoms with E-state index < -0.39 is 0 Å². The summed E-state index contributed by atoms with van der Waals surface area (Å²) in [6, 6.07) is 6.41. The van der Waals surface area contributed by atoms with Gasteiger partial charge < -0.3 is 0 Å². The van der Waals surface area contributed by atoms with Crippen LogP contribution in [0.15, 0.2) is 24.4 Å². The highest BCUT2D eigenvalue weighted by atomic mass is 15.3. The van der Waals surface area contributed by atoms with Crippen LogP contribution in [0.3, 0.4) is 0 Å². The molecule has 0 bridgehead atoms. The lowest BCUT2D eigenvalue weighted by Crippen LogP contribution is -2.01. The van der Waals surface area contributed by atoms with E-state index in [4.69, 9.17) is 0 Å². The molecule has 0 N–H and O–H groups in total. The van der Waals surface area contributed by atoms with Gasteiger partial charge in [0.05, 0.1) is 11.4 Å². The molecule has 78 valence electrons. The normalized spacial score (nSPS) is 10.7. The molecule has 1 aromatic heterocycles. The molecule has 2 nitrogen and oxygen atoms in total. The Labute approximate surface area is 90.6 Å². The minimum absolute atomic E-state index is 1.05. The summed E-state index contributed by atoms with van der Waals surface area (Å²) in [5.41, 5.74) is 6.10. The van der Waals surface area contributed by atoms with Crippen molar-refractivity contribution >= 4 is 0 Å². The van der Waals surface area contributed by atoms with Crippen molar-refractivity contribution in [3.63, 3.8) is 0 Å². The molecule has 2 heteroatoms. The van der Waals surface area contributed by atoms with Crippen molar-refractivity contribution in [2.45, 2.75) is 27.7 Å². The Kier molecular flexibility index (Phi) is 2.35. The van der Waals surface area contributed by atoms with E-state index in [0.29, 0.717) is 0 Å². The second kappa shape index (κ2) is 3.54. The van der Waals surface area contributed by atoms with Crippen molar-refractivity contribution in [3.05, 3.63) is 46.8 Å². The Morgan fingerprint density at radius 2 is 1.60 bits per heavy atom. The lowest BCUT2D eigenvalue weighted by atomic mass is 10.1. The van der Waals surface area contributed by atoms with Gasteiger partial charge in [0, 0.05) is 6.20 Å². The molecular formula is C13H16N2. The molecule has 0 amide bonds. The summed E-state index contributed by atoms with van der Waals surface area (Å²) in [5.74, 6) is 0. The summed E-state index contributed by atoms with van der Waals surface area (Å²) >= 11 is 0. The lowest BCUT2D eigenvalue weighted by molar-refractivity contribution is 0.848. The first-order chi connectivity index (χ1) is 7.08. The van der Waals surface area contributed by atoms with Gasteiger partial charge in [0.15, 0.2) is 0 Å². The van der Waals surface area contributed by atoms with Crippen molar-refractivity contribution in [2.24, 2.45) is 0 Å². The van der Waals surface area contributed by atoms with Crippen LogP contribution in [0.1, 0.15) is 22.4 Å². The summed E-state index contributed by atoms with van der Waals surface area (Å²) in [5, 5.41) is 4.45. The van der Waals surface area contributed by atoms with Crippen molar-refractivity contribution in [2.75, 3.05) is 0 Å². The molecule has 15 heavy (non-hydrogen) atoms. The largest absolute Gasteiger partial charge is 0.240 e. The molecule has 0 aliphatic carbocycles. The fourth-order valence-electron chi connectivity index (χ4n) is 2.07. The number of aromatic nitrogens is 2. The van der Waals surface area contributed by atoms with Crippen LogP contribution in [0.4, 0.5) is 0 Å². The molecule has 0 saturated carbocycles. The second-order valence-electron chi connectivity index (χ2n) is 4.15. The van der Waals surface area contributed by atoms with Crippen LogP contribution in [0.25, 0.3) is 5.69 Å². The molecule has 0 fully saturated rings. The quantitative estimate of drug-likeness (QED) is 0.691. The van der Waals surface area contributed by atoms with Crippen LogP contribution in [0, 0.1) is 27.7 Å². The van der Waals surface area contributed by atoms with Gasteiger partial charge in [-0.05, 0) is 44.9 Å². The van der Waals surface area contributed by atoms with Gasteiger partial charge in [0.2, 0.25) is 0 Å². The summed E-state index contributed by atoms with van der Waals surface area (Å²) < 4.78 is 1.96. The maximum atomic E-state index is 4.45. The van der Waals surface area contributed by atoms with Gasteiger partial charge in [-0.2, -0.15) is 5.10 Å². The summed E-state index contributed by atoms with van der Waals surface area (Å²) in [6.07, 6.45) is 2.01. The smallest absolute Gasteiger partial charge is 0.0704 e. The standard InChI is InChI=1S/C13H16N2/c1-9-7-10(2)13(11(3)8-9)15-6-5-12(4)14-15/h5-8H,1-4H3. The average molecular weight is 200 g/mol. The zero-order valence-corrected chi connectivity index (χ0v) is 9.70. The Morgan fingerprint density at radius 3 is 2.07 bits per heavy atom. The third kappa shape index (κ3) is 1.80. The fourth-order valence-corrected chi connectivity index (χ4v) is 2.07. The van der Waals surface area contributed by atoms with Crippen molar-refractivity contribution < 1.29 is 0 Å². The molecule has 0 unspecified atom stereocenters. The van der Waals surface area contributed by atoms with Crippen LogP contribution < -0.4 is 0 Å². The minimum atomic E-state index is 1.05. The Morgan fingerprint density at radius 1 is 1.00 bits per heavy atom. The van der Waals surface area contributed by atoms with Crippen LogP contribution in [-0.2, 0) is 0 Å². The predicted octanol–water partition coefficient (Wildman–Crippen LogP) is 3.11. The summed E-state index contributed by atoms with van der Waals surface area (Å²) in [4.78, 5) is 0. The van der Waals surface area contributed by atoms with E-state index in [9.17, 15) is 0 Å². The zero-order chi connectivity index (χ0) is 11.0. The van der Waals surface area contributed by atoms with E-state index in [1.54, 1.807) is 0 Å². The molecular weight excluding hydrogens is 184 g/mol. The van der Waals surface area contributed by atoms with E-state index in [1.807, 2.05) is 23.9 Å². The predicted molar refractivity (Wildman–Crippen MR) is 62.5 cm³/mol. The van der Waals surface area contributed by atoms with Crippen LogP contribution in [-0.4, -0.2) is 9.78 Å². The van der Waals surface area contributed by atoms with Crippen molar-refractivity contribution in [1.82, 2.24) is 9.78 Å². The lowest BCUT2D eigenvalue weighted by Gasteiger charge is -2.10. The topological polar surface area (TPSA) is 17.8 Å². The maximum absolute atomic E-state index is 4.45. The Hall–Kier alpha value is -1.57. The first kappa shape index (κ1) is 9.97. The molecule has 2 aromatic rings. The molecule has 0 atom stereocenters. The SMILES string of the molecule is Cc1cc(C)c(-n2ccc(C)n2)c(C)c1. The molecule has 1 heterocycles. The Bertz CT molecular complexity index is 472. The number of nitrogens with zero attached hydrogens (tertiary/aromatic N) is 2. The van der Waals surface area contributed by atoms with Gasteiger partial charge in [-0.3, -0.25) is 0 Å². The van der Waals surface area contributed by atoms with Crippen LogP contribution in [0.2, 0.25) is 0 Å². The number of rotatable bonds is 1. The van der Waals surface area contributed by atoms with Crippen LogP contribution >= 0.6 is 0 Å². The van der Waals surface area contributed by atoms with Crippen molar-refractivity contribution in [3.8, 4) is 5.69 Å². The first-order valence-corrected chi connectivity index (χ1v) is 5.18. The number of benzene rings is 1. The molecule has 0 aliphatic heterocycles. The van der Waals surface area contributed by atoms with E-state index in [-0.39, 0.29) is 0 Å². The van der Waals surface area contributed by atoms with Gasteiger partial charge >= 0.3 is 0 Å². The van der Waals surface area contributed by atoms with Gasteiger partial charge in [-0.1, -0.05) is 17.7 Å². The highest BCUT2D eigenvalue weighted by Crippen LogP contribution is 2.20. The average Bonchev–Trinajstić information content (AvgIpc) is 2.49. The number of hydrogen-bond acceptors (Lipinski definition) is 1. The molecule has 2 rings (SSSR count). The first-order valence-electron chi connectivity index (χ1n) is 5.18. The van der Waals surface area contributed by atoms with Crippen LogP contribution in [0.5, 0.6) is 0 Å². The van der Waals surface area contributed by atoms with E-state index in [2.05, 4.69) is 38.0 Å². The van der Waals surface area contributed by atoms with Gasteiger partial charge in [0.1, 0.15) is 0 Å². The summed E-state index contributed by atoms with van der Waals surface area (Å²) in [6.45, 7) is 8.40. The van der Waals surface area contributed by atoms with E-state index in [0.717, 1.165) is 5.69 Å². The highest BCUT2D eigenvalue weighted by molar-refractivity contribution is 5.48. The number of hydrogen-bond donors (Lipinski definition) is 0. The second-order valence-corrected chi connectivity index (χ2v) is 4.15. The van der Waals surface area contributed by atoms with Gasteiger partial charge in [-0.25, -0.2) is 4.68 Å². The van der Waals surface area contributed by atoms with E-state index >= 15 is 0 Å². The third-order valence-electron chi connectivity index (χ3n) is 2.59. The molecule has 0 spiro atoms. The molecule has 1 aromatic carbocycles. The minimum Gasteiger partial charge on any atom is -0.240 e. The van der Waals surface area contributed by atoms with Gasteiger partial charge in [-0.15, -0.1) is 0 Å². The molecule has 0 radical (unpaired) electrons. The van der Waals surface area contributed by atoms with Crippen molar-refractivity contribution in [1.29, 1.82) is 0 Å². The monoisotopic (exact) mass is 200 g/mol. The Balaban J connectivity index is 2.62.